The summed E-state index contributed by atoms with van der Waals surface area (Å²) in [5, 5.41) is 87.1. The van der Waals surface area contributed by atoms with Crippen LogP contribution in [0.4, 0.5) is 0 Å². The van der Waals surface area contributed by atoms with Gasteiger partial charge in [-0.3, -0.25) is 5.32 Å². The molecule has 1 aliphatic carbocycles. The number of hydrogen-bond acceptors (Lipinski definition) is 14. The summed E-state index contributed by atoms with van der Waals surface area (Å²) in [6.07, 6.45) is -2.13. The Morgan fingerprint density at radius 2 is 1.57 bits per heavy atom. The van der Waals surface area contributed by atoms with Crippen molar-refractivity contribution in [3.05, 3.63) is 95.6 Å². The Hall–Kier alpha value is -5.61. The highest BCUT2D eigenvalue weighted by atomic mass is 16.6. The van der Waals surface area contributed by atoms with Crippen LogP contribution in [0.25, 0.3) is 11.8 Å². The minimum atomic E-state index is -2.69. The van der Waals surface area contributed by atoms with Gasteiger partial charge < -0.3 is 55.1 Å². The minimum Gasteiger partial charge on any atom is -0.507 e. The van der Waals surface area contributed by atoms with Gasteiger partial charge in [-0.1, -0.05) is 36.4 Å². The van der Waals surface area contributed by atoms with Crippen molar-refractivity contribution in [3.8, 4) is 23.0 Å². The number of carbonyl (C=O) groups excluding carboxylic acids is 2. The maximum Gasteiger partial charge on any atom is 0.336 e. The average molecular weight is 708 g/mol. The van der Waals surface area contributed by atoms with E-state index in [1.165, 1.54) is 31.3 Å². The summed E-state index contributed by atoms with van der Waals surface area (Å²) >= 11 is 0. The van der Waals surface area contributed by atoms with Crippen molar-refractivity contribution in [2.24, 2.45) is 5.92 Å². The smallest absolute Gasteiger partial charge is 0.336 e. The lowest BCUT2D eigenvalue weighted by molar-refractivity contribution is -0.339. The third-order valence-electron chi connectivity index (χ3n) is 9.34. The van der Waals surface area contributed by atoms with Crippen molar-refractivity contribution in [1.82, 2.24) is 5.32 Å². The Kier molecular flexibility index (Phi) is 10.3. The van der Waals surface area contributed by atoms with Gasteiger partial charge >= 0.3 is 17.9 Å². The van der Waals surface area contributed by atoms with Gasteiger partial charge in [-0.15, -0.1) is 0 Å². The molecule has 3 aromatic carbocycles. The predicted octanol–water partition coefficient (Wildman–Crippen LogP) is 2.09. The number of ether oxygens (including phenoxy) is 3. The molecule has 0 amide bonds. The van der Waals surface area contributed by atoms with Crippen molar-refractivity contribution in [2.75, 3.05) is 13.7 Å². The first kappa shape index (κ1) is 36.7. The van der Waals surface area contributed by atoms with Crippen LogP contribution < -0.4 is 5.32 Å². The summed E-state index contributed by atoms with van der Waals surface area (Å²) in [4.78, 5) is 40.2. The highest BCUT2D eigenvalue weighted by molar-refractivity contribution is 5.90. The topological polar surface area (TPSA) is 253 Å². The first-order valence-electron chi connectivity index (χ1n) is 15.7. The van der Waals surface area contributed by atoms with Crippen LogP contribution in [0, 0.1) is 5.92 Å². The molecule has 2 fully saturated rings. The molecule has 6 unspecified atom stereocenters. The van der Waals surface area contributed by atoms with Gasteiger partial charge in [0, 0.05) is 30.4 Å². The first-order valence-corrected chi connectivity index (χ1v) is 15.7. The lowest BCUT2D eigenvalue weighted by atomic mass is 9.58. The van der Waals surface area contributed by atoms with Gasteiger partial charge in [-0.05, 0) is 61.0 Å². The quantitative estimate of drug-likeness (QED) is 0.0481. The standard InChI is InChI=1S/C36H37NO14/c1-37-35(48)13-14-49-29-19-34(47,33(45)46)23(15-20-5-3-2-4-6-20)32(50-31(44)18-26(40)22-9-11-25(39)28(42)17-22)36(29,35)51-30(43)12-8-21-7-10-24(38)27(41)16-21/h2-12,16-18,23,29,32,37-42,47-48H,13-15,19H2,1H3,(H,45,46). The fraction of sp³-hybridized carbons (Fsp3) is 0.306. The monoisotopic (exact) mass is 707 g/mol. The van der Waals surface area contributed by atoms with Gasteiger partial charge in [-0.25, -0.2) is 14.4 Å². The van der Waals surface area contributed by atoms with Crippen molar-refractivity contribution >= 4 is 29.7 Å². The molecule has 2 aliphatic rings. The van der Waals surface area contributed by atoms with E-state index in [0.717, 1.165) is 24.3 Å². The number of phenolic OH excluding ortho intramolecular Hbond substituents is 4. The number of aliphatic hydroxyl groups excluding tert-OH is 1. The molecule has 270 valence electrons. The molecule has 0 bridgehead atoms. The van der Waals surface area contributed by atoms with Crippen LogP contribution in [0.2, 0.25) is 0 Å². The number of hydrogen-bond donors (Lipinski definition) is 9. The Bertz CT molecular complexity index is 1860. The molecule has 3 aromatic rings. The highest BCUT2D eigenvalue weighted by Crippen LogP contribution is 2.53. The number of carbonyl (C=O) groups is 3. The second-order valence-corrected chi connectivity index (χ2v) is 12.3. The van der Waals surface area contributed by atoms with Crippen LogP contribution in [0.3, 0.4) is 0 Å². The van der Waals surface area contributed by atoms with Crippen LogP contribution >= 0.6 is 0 Å². The van der Waals surface area contributed by atoms with Gasteiger partial charge in [0.2, 0.25) is 5.60 Å². The van der Waals surface area contributed by atoms with E-state index in [1.54, 1.807) is 30.3 Å². The van der Waals surface area contributed by atoms with E-state index in [1.807, 2.05) is 0 Å². The van der Waals surface area contributed by atoms with Crippen molar-refractivity contribution in [3.63, 3.8) is 0 Å². The average Bonchev–Trinajstić information content (AvgIpc) is 3.09. The zero-order chi connectivity index (χ0) is 37.1. The summed E-state index contributed by atoms with van der Waals surface area (Å²) in [5.41, 5.74) is -6.79. The number of esters is 2. The largest absolute Gasteiger partial charge is 0.507 e. The number of phenols is 4. The molecule has 6 atom stereocenters. The Morgan fingerprint density at radius 3 is 2.20 bits per heavy atom. The molecule has 1 saturated carbocycles. The summed E-state index contributed by atoms with van der Waals surface area (Å²) in [7, 11) is 1.33. The number of carboxylic acids is 1. The van der Waals surface area contributed by atoms with Crippen molar-refractivity contribution in [1.29, 1.82) is 0 Å². The van der Waals surface area contributed by atoms with Crippen LogP contribution in [0.15, 0.2) is 78.9 Å². The van der Waals surface area contributed by atoms with Crippen LogP contribution in [-0.2, 0) is 35.0 Å². The van der Waals surface area contributed by atoms with Gasteiger partial charge in [0.25, 0.3) is 0 Å². The van der Waals surface area contributed by atoms with E-state index < -0.39 is 88.1 Å². The zero-order valence-corrected chi connectivity index (χ0v) is 27.2. The summed E-state index contributed by atoms with van der Waals surface area (Å²) in [6.45, 7) is -0.200. The molecule has 1 saturated heterocycles. The lowest BCUT2D eigenvalue weighted by Gasteiger charge is -2.61. The molecule has 1 heterocycles. The number of aliphatic carboxylic acids is 1. The fourth-order valence-electron chi connectivity index (χ4n) is 6.68. The molecule has 9 N–H and O–H groups in total. The molecule has 15 nitrogen and oxygen atoms in total. The van der Waals surface area contributed by atoms with Crippen LogP contribution in [-0.4, -0.2) is 102 Å². The van der Waals surface area contributed by atoms with E-state index in [2.05, 4.69) is 5.32 Å². The number of aromatic hydroxyl groups is 4. The van der Waals surface area contributed by atoms with Gasteiger partial charge in [0.15, 0.2) is 40.4 Å². The normalized spacial score (nSPS) is 27.7. The predicted molar refractivity (Wildman–Crippen MR) is 177 cm³/mol. The number of rotatable bonds is 10. The molecule has 0 radical (unpaired) electrons. The third-order valence-corrected chi connectivity index (χ3v) is 9.34. The maximum atomic E-state index is 13.7. The van der Waals surface area contributed by atoms with Crippen molar-refractivity contribution in [2.45, 2.75) is 48.4 Å². The lowest BCUT2D eigenvalue weighted by Crippen LogP contribution is -2.83. The fourth-order valence-corrected chi connectivity index (χ4v) is 6.68. The maximum absolute atomic E-state index is 13.7. The number of fused-ring (bicyclic) bond motifs is 1. The van der Waals surface area contributed by atoms with Crippen LogP contribution in [0.1, 0.15) is 29.5 Å². The molecule has 51 heavy (non-hydrogen) atoms. The summed E-state index contributed by atoms with van der Waals surface area (Å²) in [5.74, 6) is -8.52. The molecular formula is C36H37NO14. The second-order valence-electron chi connectivity index (χ2n) is 12.3. The molecule has 0 aromatic heterocycles. The summed E-state index contributed by atoms with van der Waals surface area (Å²) < 4.78 is 17.8. The Balaban J connectivity index is 1.66. The van der Waals surface area contributed by atoms with Gasteiger partial charge in [0.05, 0.1) is 12.7 Å². The molecule has 15 heteroatoms. The second kappa shape index (κ2) is 14.3. The van der Waals surface area contributed by atoms with E-state index in [-0.39, 0.29) is 30.6 Å². The number of aliphatic hydroxyl groups is 3. The number of nitrogens with one attached hydrogen (secondary N) is 1. The summed E-state index contributed by atoms with van der Waals surface area (Å²) in [6, 6.07) is 15.2. The molecular weight excluding hydrogens is 670 g/mol. The molecule has 1 aliphatic heterocycles. The van der Waals surface area contributed by atoms with E-state index in [4.69, 9.17) is 14.2 Å². The van der Waals surface area contributed by atoms with Crippen molar-refractivity contribution < 1.29 is 69.4 Å². The van der Waals surface area contributed by atoms with E-state index in [0.29, 0.717) is 11.6 Å². The van der Waals surface area contributed by atoms with E-state index in [9.17, 15) is 55.2 Å². The van der Waals surface area contributed by atoms with E-state index >= 15 is 0 Å². The third kappa shape index (κ3) is 7.05. The Morgan fingerprint density at radius 1 is 0.902 bits per heavy atom. The molecule has 0 spiro atoms. The first-order chi connectivity index (χ1) is 24.1. The van der Waals surface area contributed by atoms with Crippen LogP contribution in [0.5, 0.6) is 23.0 Å². The molecule has 5 rings (SSSR count). The number of benzene rings is 3. The SMILES string of the molecule is CNC1(O)CCOC2CC(O)(C(=O)O)C(Cc3ccccc3)C(OC(=O)C=C(O)c3ccc(O)c(O)c3)C21OC(=O)C=Cc1ccc(O)c(O)c1. The number of likely N-dealkylation sites (N-methyl/N-ethyl adjacent to an activating group) is 1. The Labute approximate surface area is 290 Å². The van der Waals surface area contributed by atoms with Gasteiger partial charge in [0.1, 0.15) is 11.9 Å². The zero-order valence-electron chi connectivity index (χ0n) is 27.2. The van der Waals surface area contributed by atoms with Gasteiger partial charge in [-0.2, -0.15) is 0 Å². The number of carboxylic acid groups (broad SMARTS) is 1. The minimum absolute atomic E-state index is 0.120. The highest BCUT2D eigenvalue weighted by Gasteiger charge is 2.75.